The summed E-state index contributed by atoms with van der Waals surface area (Å²) in [7, 11) is -3.18. The maximum Gasteiger partial charge on any atom is 0.211 e. The third-order valence-corrected chi connectivity index (χ3v) is 6.96. The summed E-state index contributed by atoms with van der Waals surface area (Å²) in [6, 6.07) is 8.55. The average Bonchev–Trinajstić information content (AvgIpc) is 3.10. The molecule has 146 valence electrons. The van der Waals surface area contributed by atoms with Crippen LogP contribution in [0.3, 0.4) is 0 Å². The Balaban J connectivity index is 1.50. The van der Waals surface area contributed by atoms with Crippen LogP contribution in [0.5, 0.6) is 0 Å². The highest BCUT2D eigenvalue weighted by Crippen LogP contribution is 2.23. The topological polar surface area (TPSA) is 49.9 Å². The molecule has 0 radical (unpaired) electrons. The lowest BCUT2D eigenvalue weighted by Gasteiger charge is -2.35. The van der Waals surface area contributed by atoms with E-state index in [1.165, 1.54) is 17.4 Å². The van der Waals surface area contributed by atoms with Gasteiger partial charge in [-0.05, 0) is 62.7 Å². The lowest BCUT2D eigenvalue weighted by atomic mass is 9.96. The highest BCUT2D eigenvalue weighted by Gasteiger charge is 2.28. The van der Waals surface area contributed by atoms with Gasteiger partial charge in [0.25, 0.3) is 0 Å². The Hall–Kier alpha value is -0.950. The summed E-state index contributed by atoms with van der Waals surface area (Å²) in [6.07, 6.45) is 5.54. The number of rotatable bonds is 7. The van der Waals surface area contributed by atoms with E-state index in [2.05, 4.69) is 36.1 Å². The Labute approximate surface area is 158 Å². The van der Waals surface area contributed by atoms with Gasteiger partial charge in [0, 0.05) is 26.2 Å². The summed E-state index contributed by atoms with van der Waals surface area (Å²) in [6.45, 7) is 7.15. The Morgan fingerprint density at radius 3 is 2.50 bits per heavy atom. The van der Waals surface area contributed by atoms with Gasteiger partial charge in [-0.25, -0.2) is 8.42 Å². The fourth-order valence-electron chi connectivity index (χ4n) is 4.00. The lowest BCUT2D eigenvalue weighted by Crippen LogP contribution is -2.43. The first kappa shape index (κ1) is 19.8. The average molecular weight is 381 g/mol. The van der Waals surface area contributed by atoms with Crippen LogP contribution in [-0.4, -0.2) is 62.8 Å². The summed E-state index contributed by atoms with van der Waals surface area (Å²) in [5.41, 5.74) is 2.73. The van der Waals surface area contributed by atoms with Crippen molar-refractivity contribution < 1.29 is 13.2 Å². The molecule has 5 nitrogen and oxygen atoms in total. The van der Waals surface area contributed by atoms with E-state index in [1.807, 2.05) is 0 Å². The van der Waals surface area contributed by atoms with Crippen LogP contribution in [0.4, 0.5) is 0 Å². The number of hydrogen-bond donors (Lipinski definition) is 0. The zero-order chi connectivity index (χ0) is 18.6. The Bertz CT molecular complexity index is 678. The first-order valence-electron chi connectivity index (χ1n) is 9.75. The molecule has 26 heavy (non-hydrogen) atoms. The second-order valence-electron chi connectivity index (χ2n) is 7.86. The molecule has 2 saturated heterocycles. The summed E-state index contributed by atoms with van der Waals surface area (Å²) in [4.78, 5) is 2.49. The van der Waals surface area contributed by atoms with Gasteiger partial charge in [-0.15, -0.1) is 0 Å². The molecular formula is C20H32N2O3S. The molecule has 0 bridgehead atoms. The molecule has 0 saturated carbocycles. The SMILES string of the molecule is Cc1ccccc1CN1CCC(CN(C[C@H]2CCCO2)S(C)(=O)=O)CC1. The zero-order valence-corrected chi connectivity index (χ0v) is 16.9. The number of nitrogens with zero attached hydrogens (tertiary/aromatic N) is 2. The molecule has 0 N–H and O–H groups in total. The van der Waals surface area contributed by atoms with E-state index in [0.717, 1.165) is 51.9 Å². The van der Waals surface area contributed by atoms with Crippen LogP contribution in [0.1, 0.15) is 36.8 Å². The van der Waals surface area contributed by atoms with Crippen molar-refractivity contribution >= 4 is 10.0 Å². The molecular weight excluding hydrogens is 348 g/mol. The number of aryl methyl sites for hydroxylation is 1. The first-order valence-corrected chi connectivity index (χ1v) is 11.6. The third kappa shape index (κ3) is 5.52. The Kier molecular flexibility index (Phi) is 6.72. The predicted octanol–water partition coefficient (Wildman–Crippen LogP) is 2.65. The van der Waals surface area contributed by atoms with Gasteiger partial charge in [0.1, 0.15) is 0 Å². The van der Waals surface area contributed by atoms with Crippen LogP contribution in [0.25, 0.3) is 0 Å². The van der Waals surface area contributed by atoms with Crippen molar-refractivity contribution in [3.05, 3.63) is 35.4 Å². The van der Waals surface area contributed by atoms with Crippen LogP contribution in [0, 0.1) is 12.8 Å². The van der Waals surface area contributed by atoms with E-state index in [4.69, 9.17) is 4.74 Å². The van der Waals surface area contributed by atoms with E-state index in [0.29, 0.717) is 19.0 Å². The van der Waals surface area contributed by atoms with Crippen LogP contribution in [-0.2, 0) is 21.3 Å². The fourth-order valence-corrected chi connectivity index (χ4v) is 4.92. The Morgan fingerprint density at radius 1 is 1.15 bits per heavy atom. The van der Waals surface area contributed by atoms with Gasteiger partial charge in [-0.2, -0.15) is 4.31 Å². The van der Waals surface area contributed by atoms with Crippen molar-refractivity contribution in [2.24, 2.45) is 5.92 Å². The fraction of sp³-hybridized carbons (Fsp3) is 0.700. The molecule has 2 aliphatic rings. The van der Waals surface area contributed by atoms with Crippen LogP contribution in [0.2, 0.25) is 0 Å². The van der Waals surface area contributed by atoms with Gasteiger partial charge in [-0.3, -0.25) is 4.90 Å². The molecule has 3 rings (SSSR count). The first-order chi connectivity index (χ1) is 12.4. The van der Waals surface area contributed by atoms with Crippen molar-refractivity contribution in [3.8, 4) is 0 Å². The molecule has 0 amide bonds. The number of sulfonamides is 1. The smallest absolute Gasteiger partial charge is 0.211 e. The van der Waals surface area contributed by atoms with Crippen molar-refractivity contribution in [1.82, 2.24) is 9.21 Å². The van der Waals surface area contributed by atoms with Gasteiger partial charge in [-0.1, -0.05) is 24.3 Å². The molecule has 0 unspecified atom stereocenters. The molecule has 0 aromatic heterocycles. The summed E-state index contributed by atoms with van der Waals surface area (Å²) in [5, 5.41) is 0. The molecule has 6 heteroatoms. The summed E-state index contributed by atoms with van der Waals surface area (Å²) in [5.74, 6) is 0.444. The number of benzene rings is 1. The summed E-state index contributed by atoms with van der Waals surface area (Å²) < 4.78 is 31.7. The van der Waals surface area contributed by atoms with Crippen molar-refractivity contribution in [2.75, 3.05) is 39.0 Å². The number of piperidine rings is 1. The maximum atomic E-state index is 12.2. The standard InChI is InChI=1S/C20H32N2O3S/c1-17-6-3-4-7-19(17)15-21-11-9-18(10-12-21)14-22(26(2,23)24)16-20-8-5-13-25-20/h3-4,6-7,18,20H,5,8-16H2,1-2H3/t20-/m1/s1. The molecule has 1 atom stereocenters. The van der Waals surface area contributed by atoms with E-state index in [9.17, 15) is 8.42 Å². The number of hydrogen-bond acceptors (Lipinski definition) is 4. The number of ether oxygens (including phenoxy) is 1. The van der Waals surface area contributed by atoms with Gasteiger partial charge in [0.2, 0.25) is 10.0 Å². The quantitative estimate of drug-likeness (QED) is 0.730. The second-order valence-corrected chi connectivity index (χ2v) is 9.84. The molecule has 2 aliphatic heterocycles. The Morgan fingerprint density at radius 2 is 1.88 bits per heavy atom. The van der Waals surface area contributed by atoms with Crippen molar-refractivity contribution in [3.63, 3.8) is 0 Å². The van der Waals surface area contributed by atoms with Crippen molar-refractivity contribution in [2.45, 2.75) is 45.3 Å². The number of likely N-dealkylation sites (tertiary alicyclic amines) is 1. The highest BCUT2D eigenvalue weighted by atomic mass is 32.2. The van der Waals surface area contributed by atoms with E-state index < -0.39 is 10.0 Å². The van der Waals surface area contributed by atoms with E-state index in [-0.39, 0.29) is 6.10 Å². The molecule has 0 aliphatic carbocycles. The van der Waals surface area contributed by atoms with Gasteiger partial charge in [0.05, 0.1) is 12.4 Å². The molecule has 2 heterocycles. The minimum absolute atomic E-state index is 0.0749. The van der Waals surface area contributed by atoms with E-state index >= 15 is 0 Å². The molecule has 0 spiro atoms. The zero-order valence-electron chi connectivity index (χ0n) is 16.1. The van der Waals surface area contributed by atoms with E-state index in [1.54, 1.807) is 4.31 Å². The molecule has 1 aromatic rings. The third-order valence-electron chi connectivity index (χ3n) is 5.72. The minimum atomic E-state index is -3.18. The normalized spacial score (nSPS) is 23.0. The van der Waals surface area contributed by atoms with Crippen LogP contribution >= 0.6 is 0 Å². The van der Waals surface area contributed by atoms with Crippen LogP contribution < -0.4 is 0 Å². The largest absolute Gasteiger partial charge is 0.377 e. The summed E-state index contributed by atoms with van der Waals surface area (Å²) >= 11 is 0. The van der Waals surface area contributed by atoms with Crippen LogP contribution in [0.15, 0.2) is 24.3 Å². The van der Waals surface area contributed by atoms with Crippen molar-refractivity contribution in [1.29, 1.82) is 0 Å². The predicted molar refractivity (Wildman–Crippen MR) is 105 cm³/mol. The lowest BCUT2D eigenvalue weighted by molar-refractivity contribution is 0.0859. The monoisotopic (exact) mass is 380 g/mol. The van der Waals surface area contributed by atoms with Gasteiger partial charge >= 0.3 is 0 Å². The minimum Gasteiger partial charge on any atom is -0.377 e. The van der Waals surface area contributed by atoms with Gasteiger partial charge in [0.15, 0.2) is 0 Å². The molecule has 2 fully saturated rings. The maximum absolute atomic E-state index is 12.2. The highest BCUT2D eigenvalue weighted by molar-refractivity contribution is 7.88. The second kappa shape index (κ2) is 8.83. The van der Waals surface area contributed by atoms with Gasteiger partial charge < -0.3 is 4.74 Å². The molecule has 1 aromatic carbocycles.